The van der Waals surface area contributed by atoms with Gasteiger partial charge in [-0.05, 0) is 24.0 Å². The molecule has 0 amide bonds. The number of para-hydroxylation sites is 1. The zero-order valence-corrected chi connectivity index (χ0v) is 10.7. The van der Waals surface area contributed by atoms with E-state index in [9.17, 15) is 0 Å². The van der Waals surface area contributed by atoms with Crippen molar-refractivity contribution >= 4 is 17.4 Å². The van der Waals surface area contributed by atoms with Crippen molar-refractivity contribution in [3.05, 3.63) is 23.8 Å². The molecule has 1 nitrogen and oxygen atoms in total. The van der Waals surface area contributed by atoms with Crippen LogP contribution in [0.3, 0.4) is 0 Å². The Morgan fingerprint density at radius 3 is 2.73 bits per heavy atom. The van der Waals surface area contributed by atoms with E-state index in [4.69, 9.17) is 0 Å². The number of benzene rings is 1. The topological polar surface area (TPSA) is 12.0 Å². The molecule has 1 unspecified atom stereocenters. The van der Waals surface area contributed by atoms with E-state index < -0.39 is 0 Å². The number of thioether (sulfide) groups is 1. The van der Waals surface area contributed by atoms with E-state index in [0.29, 0.717) is 10.7 Å². The second-order valence-electron chi connectivity index (χ2n) is 5.30. The molecule has 1 N–H and O–H groups in total. The van der Waals surface area contributed by atoms with Gasteiger partial charge in [0.1, 0.15) is 0 Å². The summed E-state index contributed by atoms with van der Waals surface area (Å²) in [6.07, 6.45) is 0. The molecule has 1 aliphatic rings. The normalized spacial score (nSPS) is 20.7. The highest BCUT2D eigenvalue weighted by Gasteiger charge is 2.29. The second kappa shape index (κ2) is 3.75. The molecule has 2 rings (SSSR count). The van der Waals surface area contributed by atoms with Crippen LogP contribution in [0.2, 0.25) is 0 Å². The van der Waals surface area contributed by atoms with Crippen LogP contribution in [0.1, 0.15) is 26.3 Å². The van der Waals surface area contributed by atoms with Gasteiger partial charge in [0, 0.05) is 16.7 Å². The van der Waals surface area contributed by atoms with E-state index in [1.165, 1.54) is 16.1 Å². The first-order valence-electron chi connectivity index (χ1n) is 5.48. The average molecular weight is 221 g/mol. The van der Waals surface area contributed by atoms with E-state index in [1.807, 2.05) is 11.8 Å². The minimum Gasteiger partial charge on any atom is -0.383 e. The summed E-state index contributed by atoms with van der Waals surface area (Å²) in [6.45, 7) is 10.2. The monoisotopic (exact) mass is 221 g/mol. The molecule has 82 valence electrons. The zero-order chi connectivity index (χ0) is 11.1. The van der Waals surface area contributed by atoms with E-state index in [0.717, 1.165) is 6.54 Å². The van der Waals surface area contributed by atoms with Crippen molar-refractivity contribution in [1.29, 1.82) is 0 Å². The number of fused-ring (bicyclic) bond motifs is 1. The zero-order valence-electron chi connectivity index (χ0n) is 9.92. The number of anilines is 1. The first-order valence-corrected chi connectivity index (χ1v) is 6.36. The smallest absolute Gasteiger partial charge is 0.0508 e. The third-order valence-corrected chi connectivity index (χ3v) is 4.69. The Labute approximate surface area is 96.7 Å². The largest absolute Gasteiger partial charge is 0.383 e. The Morgan fingerprint density at radius 1 is 1.33 bits per heavy atom. The van der Waals surface area contributed by atoms with Crippen LogP contribution in [0.25, 0.3) is 0 Å². The Morgan fingerprint density at radius 2 is 2.07 bits per heavy atom. The van der Waals surface area contributed by atoms with Crippen molar-refractivity contribution in [3.8, 4) is 0 Å². The van der Waals surface area contributed by atoms with Gasteiger partial charge < -0.3 is 5.32 Å². The van der Waals surface area contributed by atoms with Crippen LogP contribution in [0.4, 0.5) is 5.69 Å². The summed E-state index contributed by atoms with van der Waals surface area (Å²) < 4.78 is 0. The fourth-order valence-corrected chi connectivity index (χ4v) is 3.17. The van der Waals surface area contributed by atoms with Crippen LogP contribution in [0.5, 0.6) is 0 Å². The third kappa shape index (κ3) is 2.15. The lowest BCUT2D eigenvalue weighted by Gasteiger charge is -2.35. The number of aryl methyl sites for hydroxylation is 1. The van der Waals surface area contributed by atoms with Crippen LogP contribution in [-0.4, -0.2) is 11.8 Å². The fourth-order valence-electron chi connectivity index (χ4n) is 1.84. The van der Waals surface area contributed by atoms with Crippen molar-refractivity contribution < 1.29 is 0 Å². The molecule has 15 heavy (non-hydrogen) atoms. The molecule has 0 radical (unpaired) electrons. The molecule has 2 heteroatoms. The van der Waals surface area contributed by atoms with Gasteiger partial charge in [0.05, 0.1) is 5.69 Å². The highest BCUT2D eigenvalue weighted by molar-refractivity contribution is 8.00. The average Bonchev–Trinajstić information content (AvgIpc) is 2.16. The van der Waals surface area contributed by atoms with Crippen LogP contribution in [0, 0.1) is 12.3 Å². The summed E-state index contributed by atoms with van der Waals surface area (Å²) >= 11 is 2.02. The highest BCUT2D eigenvalue weighted by Crippen LogP contribution is 2.42. The van der Waals surface area contributed by atoms with E-state index >= 15 is 0 Å². The Kier molecular flexibility index (Phi) is 2.72. The van der Waals surface area contributed by atoms with Crippen molar-refractivity contribution in [2.24, 2.45) is 5.41 Å². The first-order chi connectivity index (χ1) is 6.98. The van der Waals surface area contributed by atoms with Crippen LogP contribution in [0.15, 0.2) is 23.1 Å². The lowest BCUT2D eigenvalue weighted by Crippen LogP contribution is -2.33. The van der Waals surface area contributed by atoms with E-state index in [-0.39, 0.29) is 0 Å². The molecule has 1 aromatic rings. The molecular formula is C13H19NS. The lowest BCUT2D eigenvalue weighted by atomic mass is 9.91. The highest BCUT2D eigenvalue weighted by atomic mass is 32.2. The minimum absolute atomic E-state index is 0.360. The lowest BCUT2D eigenvalue weighted by molar-refractivity contribution is 0.401. The molecule has 1 heterocycles. The summed E-state index contributed by atoms with van der Waals surface area (Å²) in [7, 11) is 0. The maximum atomic E-state index is 3.57. The fraction of sp³-hybridized carbons (Fsp3) is 0.538. The Hall–Kier alpha value is -0.630. The summed E-state index contributed by atoms with van der Waals surface area (Å²) in [5.41, 5.74) is 3.05. The first kappa shape index (κ1) is 10.9. The van der Waals surface area contributed by atoms with Gasteiger partial charge in [0.25, 0.3) is 0 Å². The molecule has 0 bridgehead atoms. The molecule has 0 fully saturated rings. The molecule has 0 aliphatic carbocycles. The van der Waals surface area contributed by atoms with Crippen molar-refractivity contribution in [2.45, 2.75) is 37.8 Å². The number of rotatable bonds is 0. The van der Waals surface area contributed by atoms with Gasteiger partial charge in [-0.3, -0.25) is 0 Å². The van der Waals surface area contributed by atoms with Gasteiger partial charge in [-0.15, -0.1) is 11.8 Å². The number of nitrogens with one attached hydrogen (secondary N) is 1. The standard InChI is InChI=1S/C13H19NS/c1-9-6-5-7-10-12(9)14-8-11(15-10)13(2,3)4/h5-7,11,14H,8H2,1-4H3. The van der Waals surface area contributed by atoms with Gasteiger partial charge in [0.2, 0.25) is 0 Å². The van der Waals surface area contributed by atoms with Crippen LogP contribution < -0.4 is 5.32 Å². The molecule has 0 spiro atoms. The molecule has 0 saturated heterocycles. The van der Waals surface area contributed by atoms with Gasteiger partial charge in [-0.25, -0.2) is 0 Å². The second-order valence-corrected chi connectivity index (χ2v) is 6.55. The number of hydrogen-bond donors (Lipinski definition) is 1. The molecule has 0 saturated carbocycles. The van der Waals surface area contributed by atoms with Crippen LogP contribution in [-0.2, 0) is 0 Å². The van der Waals surface area contributed by atoms with Gasteiger partial charge >= 0.3 is 0 Å². The molecule has 1 aromatic carbocycles. The maximum absolute atomic E-state index is 3.57. The molecular weight excluding hydrogens is 202 g/mol. The minimum atomic E-state index is 0.360. The van der Waals surface area contributed by atoms with Crippen molar-refractivity contribution in [2.75, 3.05) is 11.9 Å². The number of hydrogen-bond acceptors (Lipinski definition) is 2. The Bertz CT molecular complexity index is 365. The van der Waals surface area contributed by atoms with Crippen LogP contribution >= 0.6 is 11.8 Å². The molecule has 1 atom stereocenters. The molecule has 0 aromatic heterocycles. The van der Waals surface area contributed by atoms with E-state index in [1.54, 1.807) is 0 Å². The Balaban J connectivity index is 2.28. The maximum Gasteiger partial charge on any atom is 0.0508 e. The summed E-state index contributed by atoms with van der Waals surface area (Å²) in [5, 5.41) is 4.23. The van der Waals surface area contributed by atoms with Crippen molar-refractivity contribution in [3.63, 3.8) is 0 Å². The van der Waals surface area contributed by atoms with Gasteiger partial charge in [0.15, 0.2) is 0 Å². The molecule has 1 aliphatic heterocycles. The van der Waals surface area contributed by atoms with E-state index in [2.05, 4.69) is 51.2 Å². The van der Waals surface area contributed by atoms with Crippen molar-refractivity contribution in [1.82, 2.24) is 0 Å². The van der Waals surface area contributed by atoms with Gasteiger partial charge in [-0.2, -0.15) is 0 Å². The predicted octanol–water partition coefficient (Wildman–Crippen LogP) is 3.93. The summed E-state index contributed by atoms with van der Waals surface area (Å²) in [4.78, 5) is 1.40. The predicted molar refractivity (Wildman–Crippen MR) is 68.8 cm³/mol. The summed E-state index contributed by atoms with van der Waals surface area (Å²) in [5.74, 6) is 0. The quantitative estimate of drug-likeness (QED) is 0.712. The third-order valence-electron chi connectivity index (χ3n) is 2.93. The van der Waals surface area contributed by atoms with Gasteiger partial charge in [-0.1, -0.05) is 32.9 Å². The SMILES string of the molecule is Cc1cccc2c1NCC(C(C)(C)C)S2. The summed E-state index contributed by atoms with van der Waals surface area (Å²) in [6, 6.07) is 6.54.